The van der Waals surface area contributed by atoms with Crippen LogP contribution in [0, 0.1) is 12.7 Å². The fourth-order valence-electron chi connectivity index (χ4n) is 4.02. The van der Waals surface area contributed by atoms with Gasteiger partial charge in [-0.25, -0.2) is 18.5 Å². The van der Waals surface area contributed by atoms with Gasteiger partial charge in [0, 0.05) is 11.6 Å². The van der Waals surface area contributed by atoms with E-state index in [0.29, 0.717) is 5.56 Å². The van der Waals surface area contributed by atoms with Crippen molar-refractivity contribution in [3.05, 3.63) is 60.9 Å². The number of hydrogen-bond donors (Lipinski definition) is 2. The number of ether oxygens (including phenoxy) is 2. The van der Waals surface area contributed by atoms with Gasteiger partial charge in [0.2, 0.25) is 5.91 Å². The molecule has 1 amide bonds. The predicted octanol–water partition coefficient (Wildman–Crippen LogP) is 2.68. The standard InChI is InChI=1S/C25H30FN3O7S/c1-7-36-24(33)20-13(4)19-22(32)29(14(5)21(31)27-12(2)3)25(34)28(23(19)37-20)11-17(30)16-10-15(26)8-9-18(16)35-6/h8-10,12,14,17,30H,7,11H2,1-6H3,(H,27,31)/t14?,17-/m0/s1. The molecule has 0 aliphatic heterocycles. The average Bonchev–Trinajstić information content (AvgIpc) is 3.18. The molecule has 1 aromatic carbocycles. The third-order valence-corrected chi connectivity index (χ3v) is 7.10. The maximum Gasteiger partial charge on any atom is 0.348 e. The number of amides is 1. The van der Waals surface area contributed by atoms with Crippen LogP contribution in [0.15, 0.2) is 27.8 Å². The van der Waals surface area contributed by atoms with Gasteiger partial charge < -0.3 is 19.9 Å². The summed E-state index contributed by atoms with van der Waals surface area (Å²) >= 11 is 0.875. The van der Waals surface area contributed by atoms with Crippen molar-refractivity contribution in [3.63, 3.8) is 0 Å². The molecule has 1 unspecified atom stereocenters. The molecule has 0 spiro atoms. The zero-order valence-corrected chi connectivity index (χ0v) is 22.3. The zero-order chi connectivity index (χ0) is 27.6. The van der Waals surface area contributed by atoms with Crippen LogP contribution in [0.5, 0.6) is 5.75 Å². The van der Waals surface area contributed by atoms with Crippen molar-refractivity contribution >= 4 is 33.4 Å². The van der Waals surface area contributed by atoms with Crippen molar-refractivity contribution in [1.29, 1.82) is 0 Å². The second-order valence-corrected chi connectivity index (χ2v) is 9.77. The molecule has 200 valence electrons. The second-order valence-electron chi connectivity index (χ2n) is 8.77. The number of aryl methyl sites for hydroxylation is 1. The maximum atomic E-state index is 14.0. The van der Waals surface area contributed by atoms with Gasteiger partial charge in [-0.05, 0) is 58.4 Å². The first-order valence-corrected chi connectivity index (χ1v) is 12.5. The highest BCUT2D eigenvalue weighted by Crippen LogP contribution is 2.31. The van der Waals surface area contributed by atoms with E-state index in [1.165, 1.54) is 26.2 Å². The smallest absolute Gasteiger partial charge is 0.348 e. The molecule has 2 heterocycles. The summed E-state index contributed by atoms with van der Waals surface area (Å²) in [7, 11) is 1.36. The normalized spacial score (nSPS) is 13.0. The molecule has 0 saturated heterocycles. The van der Waals surface area contributed by atoms with Gasteiger partial charge in [0.05, 0.1) is 25.6 Å². The SMILES string of the molecule is CCOC(=O)c1sc2c(c1C)c(=O)n(C(C)C(=O)NC(C)C)c(=O)n2C[C@H](O)c1cc(F)ccc1OC. The minimum absolute atomic E-state index is 0.0512. The number of aromatic nitrogens is 2. The summed E-state index contributed by atoms with van der Waals surface area (Å²) in [5.41, 5.74) is -1.23. The summed E-state index contributed by atoms with van der Waals surface area (Å²) in [6.45, 7) is 7.79. The fraction of sp³-hybridized carbons (Fsp3) is 0.440. The third-order valence-electron chi connectivity index (χ3n) is 5.81. The number of fused-ring (bicyclic) bond motifs is 1. The Hall–Kier alpha value is -3.51. The van der Waals surface area contributed by atoms with Crippen LogP contribution in [0.4, 0.5) is 4.39 Å². The molecule has 0 saturated carbocycles. The quantitative estimate of drug-likeness (QED) is 0.403. The minimum Gasteiger partial charge on any atom is -0.496 e. The number of thiophene rings is 1. The van der Waals surface area contributed by atoms with Crippen LogP contribution >= 0.6 is 11.3 Å². The number of benzene rings is 1. The van der Waals surface area contributed by atoms with Gasteiger partial charge in [0.15, 0.2) is 0 Å². The average molecular weight is 536 g/mol. The van der Waals surface area contributed by atoms with E-state index >= 15 is 0 Å². The van der Waals surface area contributed by atoms with Crippen LogP contribution in [-0.2, 0) is 16.1 Å². The maximum absolute atomic E-state index is 14.0. The number of nitrogens with one attached hydrogen (secondary N) is 1. The Kier molecular flexibility index (Phi) is 8.54. The van der Waals surface area contributed by atoms with Gasteiger partial charge in [0.25, 0.3) is 5.56 Å². The number of carbonyl (C=O) groups is 2. The van der Waals surface area contributed by atoms with E-state index in [1.54, 1.807) is 27.7 Å². The number of aliphatic hydroxyl groups excluding tert-OH is 1. The number of esters is 1. The lowest BCUT2D eigenvalue weighted by atomic mass is 10.1. The summed E-state index contributed by atoms with van der Waals surface area (Å²) in [4.78, 5) is 52.8. The van der Waals surface area contributed by atoms with Crippen LogP contribution in [0.3, 0.4) is 0 Å². The molecule has 2 N–H and O–H groups in total. The Bertz CT molecular complexity index is 1460. The van der Waals surface area contributed by atoms with Crippen LogP contribution in [0.2, 0.25) is 0 Å². The first-order chi connectivity index (χ1) is 17.4. The molecule has 0 fully saturated rings. The van der Waals surface area contributed by atoms with Crippen molar-refractivity contribution in [1.82, 2.24) is 14.5 Å². The lowest BCUT2D eigenvalue weighted by Gasteiger charge is -2.20. The van der Waals surface area contributed by atoms with Crippen molar-refractivity contribution in [3.8, 4) is 5.75 Å². The van der Waals surface area contributed by atoms with E-state index < -0.39 is 47.6 Å². The lowest BCUT2D eigenvalue weighted by molar-refractivity contribution is -0.124. The molecular weight excluding hydrogens is 505 g/mol. The molecule has 3 rings (SSSR count). The Morgan fingerprint density at radius 1 is 1.22 bits per heavy atom. The van der Waals surface area contributed by atoms with E-state index in [2.05, 4.69) is 5.32 Å². The van der Waals surface area contributed by atoms with Gasteiger partial charge >= 0.3 is 11.7 Å². The Balaban J connectivity index is 2.30. The summed E-state index contributed by atoms with van der Waals surface area (Å²) in [6.07, 6.45) is -1.43. The first-order valence-electron chi connectivity index (χ1n) is 11.7. The Morgan fingerprint density at radius 3 is 2.49 bits per heavy atom. The summed E-state index contributed by atoms with van der Waals surface area (Å²) < 4.78 is 26.2. The van der Waals surface area contributed by atoms with Gasteiger partial charge in [-0.2, -0.15) is 0 Å². The highest BCUT2D eigenvalue weighted by Gasteiger charge is 2.29. The summed E-state index contributed by atoms with van der Waals surface area (Å²) in [6, 6.07) is 2.17. The zero-order valence-electron chi connectivity index (χ0n) is 21.5. The second kappa shape index (κ2) is 11.3. The topological polar surface area (TPSA) is 129 Å². The predicted molar refractivity (Wildman–Crippen MR) is 137 cm³/mol. The molecule has 0 radical (unpaired) electrons. The Labute approximate surface area is 216 Å². The van der Waals surface area contributed by atoms with E-state index in [0.717, 1.165) is 26.5 Å². The molecule has 10 nitrogen and oxygen atoms in total. The number of rotatable bonds is 9. The molecule has 2 atom stereocenters. The molecule has 0 aliphatic carbocycles. The van der Waals surface area contributed by atoms with Crippen molar-refractivity contribution < 1.29 is 28.6 Å². The Morgan fingerprint density at radius 2 is 1.89 bits per heavy atom. The van der Waals surface area contributed by atoms with Crippen LogP contribution in [-0.4, -0.2) is 45.9 Å². The van der Waals surface area contributed by atoms with E-state index in [-0.39, 0.29) is 39.1 Å². The third kappa shape index (κ3) is 5.44. The van der Waals surface area contributed by atoms with Gasteiger partial charge in [-0.3, -0.25) is 14.2 Å². The van der Waals surface area contributed by atoms with E-state index in [4.69, 9.17) is 9.47 Å². The van der Waals surface area contributed by atoms with Crippen LogP contribution in [0.1, 0.15) is 60.6 Å². The van der Waals surface area contributed by atoms with Crippen molar-refractivity contribution in [2.45, 2.75) is 59.4 Å². The molecule has 3 aromatic rings. The van der Waals surface area contributed by atoms with E-state index in [9.17, 15) is 28.7 Å². The largest absolute Gasteiger partial charge is 0.496 e. The molecule has 2 aromatic heterocycles. The van der Waals surface area contributed by atoms with Gasteiger partial charge in [0.1, 0.15) is 33.4 Å². The number of aliphatic hydroxyl groups is 1. The van der Waals surface area contributed by atoms with Gasteiger partial charge in [-0.1, -0.05) is 0 Å². The van der Waals surface area contributed by atoms with E-state index in [1.807, 2.05) is 0 Å². The molecule has 37 heavy (non-hydrogen) atoms. The molecule has 0 bridgehead atoms. The minimum atomic E-state index is -1.43. The number of halogens is 1. The van der Waals surface area contributed by atoms with Crippen LogP contribution < -0.4 is 21.3 Å². The molecule has 0 aliphatic rings. The van der Waals surface area contributed by atoms with Crippen molar-refractivity contribution in [2.75, 3.05) is 13.7 Å². The molecular formula is C25H30FN3O7S. The fourth-order valence-corrected chi connectivity index (χ4v) is 5.21. The first kappa shape index (κ1) is 28.1. The number of nitrogens with zero attached hydrogens (tertiary/aromatic N) is 2. The number of methoxy groups -OCH3 is 1. The lowest BCUT2D eigenvalue weighted by Crippen LogP contribution is -2.47. The van der Waals surface area contributed by atoms with Crippen LogP contribution in [0.25, 0.3) is 10.2 Å². The summed E-state index contributed by atoms with van der Waals surface area (Å²) in [5, 5.41) is 13.8. The number of carbonyl (C=O) groups excluding carboxylic acids is 2. The highest BCUT2D eigenvalue weighted by atomic mass is 32.1. The monoisotopic (exact) mass is 535 g/mol. The van der Waals surface area contributed by atoms with Crippen molar-refractivity contribution in [2.24, 2.45) is 0 Å². The van der Waals surface area contributed by atoms with Gasteiger partial charge in [-0.15, -0.1) is 11.3 Å². The molecule has 12 heteroatoms. The highest BCUT2D eigenvalue weighted by molar-refractivity contribution is 7.20. The summed E-state index contributed by atoms with van der Waals surface area (Å²) in [5.74, 6) is -1.63. The number of hydrogen-bond acceptors (Lipinski definition) is 8.